The zero-order valence-corrected chi connectivity index (χ0v) is 19.5. The van der Waals surface area contributed by atoms with Crippen molar-refractivity contribution in [1.29, 1.82) is 0 Å². The molecule has 1 aliphatic rings. The van der Waals surface area contributed by atoms with E-state index in [4.69, 9.17) is 14.2 Å². The molecule has 2 aromatic carbocycles. The Balaban J connectivity index is 0.000000257. The number of methoxy groups -OCH3 is 1. The standard InChI is InChI=1S/C17H24N4O2.C8H8O2/c1-18-14-3-4-17(15(13-14)16-5-6-19-20(16)2)23-12-9-21-7-10-22-11-8-21;1-10-8-4-2-3-7(5-8)6-9/h3-6,13,18H,7-12H2,1-2H3;2-6H,1H3. The summed E-state index contributed by atoms with van der Waals surface area (Å²) in [6.45, 7) is 5.19. The molecule has 176 valence electrons. The van der Waals surface area contributed by atoms with E-state index in [1.807, 2.05) is 37.0 Å². The molecule has 1 N–H and O–H groups in total. The van der Waals surface area contributed by atoms with E-state index in [-0.39, 0.29) is 0 Å². The summed E-state index contributed by atoms with van der Waals surface area (Å²) in [6.07, 6.45) is 2.60. The SMILES string of the molecule is CNc1ccc(OCCN2CCOCC2)c(-c2ccnn2C)c1.COc1cccc(C=O)c1. The van der Waals surface area contributed by atoms with E-state index in [9.17, 15) is 4.79 Å². The molecule has 1 aromatic heterocycles. The minimum absolute atomic E-state index is 0.638. The number of rotatable bonds is 8. The zero-order chi connectivity index (χ0) is 23.5. The third-order valence-corrected chi connectivity index (χ3v) is 5.36. The third kappa shape index (κ3) is 7.06. The van der Waals surface area contributed by atoms with Gasteiger partial charge in [0.2, 0.25) is 0 Å². The van der Waals surface area contributed by atoms with Crippen molar-refractivity contribution in [3.63, 3.8) is 0 Å². The highest BCUT2D eigenvalue weighted by Gasteiger charge is 2.13. The fourth-order valence-electron chi connectivity index (χ4n) is 3.47. The Labute approximate surface area is 195 Å². The van der Waals surface area contributed by atoms with Gasteiger partial charge >= 0.3 is 0 Å². The molecule has 4 rings (SSSR count). The summed E-state index contributed by atoms with van der Waals surface area (Å²) in [4.78, 5) is 12.6. The number of hydrogen-bond acceptors (Lipinski definition) is 7. The quantitative estimate of drug-likeness (QED) is 0.525. The van der Waals surface area contributed by atoms with Gasteiger partial charge in [0.15, 0.2) is 0 Å². The van der Waals surface area contributed by atoms with Crippen LogP contribution < -0.4 is 14.8 Å². The summed E-state index contributed by atoms with van der Waals surface area (Å²) in [5.41, 5.74) is 3.79. The maximum atomic E-state index is 10.2. The van der Waals surface area contributed by atoms with Crippen molar-refractivity contribution >= 4 is 12.0 Å². The predicted octanol–water partition coefficient (Wildman–Crippen LogP) is 3.35. The van der Waals surface area contributed by atoms with Crippen molar-refractivity contribution in [2.45, 2.75) is 0 Å². The molecule has 0 amide bonds. The van der Waals surface area contributed by atoms with Crippen molar-refractivity contribution < 1.29 is 19.0 Å². The minimum Gasteiger partial charge on any atom is -0.497 e. The molecule has 3 aromatic rings. The molecule has 1 fully saturated rings. The number of hydrogen-bond donors (Lipinski definition) is 1. The van der Waals surface area contributed by atoms with E-state index in [1.165, 1.54) is 0 Å². The Morgan fingerprint density at radius 3 is 2.64 bits per heavy atom. The molecule has 0 aliphatic carbocycles. The largest absolute Gasteiger partial charge is 0.497 e. The predicted molar refractivity (Wildman–Crippen MR) is 129 cm³/mol. The number of ether oxygens (including phenoxy) is 3. The average molecular weight is 453 g/mol. The lowest BCUT2D eigenvalue weighted by atomic mass is 10.1. The lowest BCUT2D eigenvalue weighted by molar-refractivity contribution is 0.0323. The smallest absolute Gasteiger partial charge is 0.150 e. The number of nitrogens with zero attached hydrogens (tertiary/aromatic N) is 3. The monoisotopic (exact) mass is 452 g/mol. The fourth-order valence-corrected chi connectivity index (χ4v) is 3.47. The second kappa shape index (κ2) is 12.6. The van der Waals surface area contributed by atoms with E-state index >= 15 is 0 Å². The third-order valence-electron chi connectivity index (χ3n) is 5.36. The van der Waals surface area contributed by atoms with Crippen molar-refractivity contribution in [3.8, 4) is 22.8 Å². The van der Waals surface area contributed by atoms with Crippen molar-refractivity contribution in [2.75, 3.05) is 58.9 Å². The Hall–Kier alpha value is -3.36. The molecule has 0 unspecified atom stereocenters. The van der Waals surface area contributed by atoms with Crippen LogP contribution in [0.5, 0.6) is 11.5 Å². The van der Waals surface area contributed by atoms with Crippen molar-refractivity contribution in [1.82, 2.24) is 14.7 Å². The molecule has 1 aliphatic heterocycles. The molecule has 1 saturated heterocycles. The molecule has 0 atom stereocenters. The molecular weight excluding hydrogens is 420 g/mol. The molecule has 0 bridgehead atoms. The molecular formula is C25H32N4O4. The van der Waals surface area contributed by atoms with Crippen LogP contribution in [-0.4, -0.2) is 74.6 Å². The first-order valence-corrected chi connectivity index (χ1v) is 11.0. The van der Waals surface area contributed by atoms with Gasteiger partial charge in [-0.25, -0.2) is 0 Å². The number of morpholine rings is 1. The average Bonchev–Trinajstić information content (AvgIpc) is 3.30. The number of carbonyl (C=O) groups is 1. The summed E-state index contributed by atoms with van der Waals surface area (Å²) in [5.74, 6) is 1.60. The number of anilines is 1. The highest BCUT2D eigenvalue weighted by molar-refractivity contribution is 5.75. The number of nitrogens with one attached hydrogen (secondary N) is 1. The molecule has 0 saturated carbocycles. The Morgan fingerprint density at radius 2 is 1.97 bits per heavy atom. The van der Waals surface area contributed by atoms with E-state index in [1.54, 1.807) is 37.6 Å². The van der Waals surface area contributed by atoms with Gasteiger partial charge in [0.25, 0.3) is 0 Å². The fraction of sp³-hybridized carbons (Fsp3) is 0.360. The van der Waals surface area contributed by atoms with E-state index in [2.05, 4.69) is 21.4 Å². The minimum atomic E-state index is 0.638. The molecule has 0 spiro atoms. The number of aromatic nitrogens is 2. The second-order valence-electron chi connectivity index (χ2n) is 7.50. The first-order chi connectivity index (χ1) is 16.1. The van der Waals surface area contributed by atoms with Gasteiger partial charge in [-0.3, -0.25) is 14.4 Å². The second-order valence-corrected chi connectivity index (χ2v) is 7.50. The topological polar surface area (TPSA) is 77.8 Å². The van der Waals surface area contributed by atoms with E-state index < -0.39 is 0 Å². The summed E-state index contributed by atoms with van der Waals surface area (Å²) in [5, 5.41) is 7.44. The summed E-state index contributed by atoms with van der Waals surface area (Å²) in [6, 6.07) is 15.2. The van der Waals surface area contributed by atoms with Crippen LogP contribution in [0.2, 0.25) is 0 Å². The van der Waals surface area contributed by atoms with Crippen LogP contribution in [0.3, 0.4) is 0 Å². The van der Waals surface area contributed by atoms with Crippen LogP contribution in [0.1, 0.15) is 10.4 Å². The summed E-state index contributed by atoms with van der Waals surface area (Å²) in [7, 11) is 5.43. The number of aldehydes is 1. The maximum Gasteiger partial charge on any atom is 0.150 e. The van der Waals surface area contributed by atoms with E-state index in [0.29, 0.717) is 17.9 Å². The molecule has 2 heterocycles. The Bertz CT molecular complexity index is 1020. The molecule has 8 nitrogen and oxygen atoms in total. The highest BCUT2D eigenvalue weighted by Crippen LogP contribution is 2.32. The van der Waals surface area contributed by atoms with Crippen LogP contribution in [0.15, 0.2) is 54.7 Å². The van der Waals surface area contributed by atoms with Crippen LogP contribution in [0.4, 0.5) is 5.69 Å². The van der Waals surface area contributed by atoms with Crippen molar-refractivity contribution in [2.24, 2.45) is 7.05 Å². The maximum absolute atomic E-state index is 10.2. The van der Waals surface area contributed by atoms with Gasteiger partial charge < -0.3 is 19.5 Å². The van der Waals surface area contributed by atoms with Gasteiger partial charge in [-0.1, -0.05) is 12.1 Å². The van der Waals surface area contributed by atoms with E-state index in [0.717, 1.165) is 61.8 Å². The Morgan fingerprint density at radius 1 is 1.15 bits per heavy atom. The molecule has 8 heteroatoms. The first-order valence-electron chi connectivity index (χ1n) is 11.0. The lowest BCUT2D eigenvalue weighted by Gasteiger charge is -2.26. The molecule has 0 radical (unpaired) electrons. The van der Waals surface area contributed by atoms with Crippen LogP contribution in [-0.2, 0) is 11.8 Å². The van der Waals surface area contributed by atoms with Crippen LogP contribution in [0.25, 0.3) is 11.3 Å². The van der Waals surface area contributed by atoms with Gasteiger partial charge in [0, 0.05) is 56.7 Å². The normalized spacial score (nSPS) is 13.5. The zero-order valence-electron chi connectivity index (χ0n) is 19.5. The lowest BCUT2D eigenvalue weighted by Crippen LogP contribution is -2.38. The summed E-state index contributed by atoms with van der Waals surface area (Å²) < 4.78 is 18.2. The summed E-state index contributed by atoms with van der Waals surface area (Å²) >= 11 is 0. The molecule has 33 heavy (non-hydrogen) atoms. The number of benzene rings is 2. The van der Waals surface area contributed by atoms with Crippen LogP contribution in [0, 0.1) is 0 Å². The number of carbonyl (C=O) groups excluding carboxylic acids is 1. The first kappa shape index (κ1) is 24.3. The van der Waals surface area contributed by atoms with Gasteiger partial charge in [-0.15, -0.1) is 0 Å². The van der Waals surface area contributed by atoms with Gasteiger partial charge in [-0.05, 0) is 36.4 Å². The number of aryl methyl sites for hydroxylation is 1. The van der Waals surface area contributed by atoms with Gasteiger partial charge in [0.05, 0.1) is 26.0 Å². The highest BCUT2D eigenvalue weighted by atomic mass is 16.5. The van der Waals surface area contributed by atoms with Gasteiger partial charge in [0.1, 0.15) is 24.4 Å². The van der Waals surface area contributed by atoms with Crippen molar-refractivity contribution in [3.05, 3.63) is 60.3 Å². The van der Waals surface area contributed by atoms with Gasteiger partial charge in [-0.2, -0.15) is 5.10 Å². The van der Waals surface area contributed by atoms with Crippen LogP contribution >= 0.6 is 0 Å². The Kier molecular flexibility index (Phi) is 9.29.